The molecule has 2 aromatic rings. The number of amidine groups is 1. The number of benzene rings is 2. The number of ether oxygens (including phenoxy) is 1. The number of esters is 1. The zero-order valence-corrected chi connectivity index (χ0v) is 15.7. The van der Waals surface area contributed by atoms with Crippen LogP contribution in [0.4, 0.5) is 11.4 Å². The first kappa shape index (κ1) is 19.9. The molecule has 2 aromatic carbocycles. The number of nitrogen functional groups attached to an aromatic ring is 1. The smallest absolute Gasteiger partial charge is 0.308 e. The molecule has 3 rings (SSSR count). The number of methoxy groups -OCH3 is 1. The minimum atomic E-state index is -0.732. The molecule has 150 valence electrons. The molecule has 0 unspecified atom stereocenters. The van der Waals surface area contributed by atoms with Crippen LogP contribution >= 0.6 is 0 Å². The van der Waals surface area contributed by atoms with Crippen LogP contribution in [0.15, 0.2) is 42.5 Å². The van der Waals surface area contributed by atoms with Gasteiger partial charge in [0.1, 0.15) is 11.9 Å². The van der Waals surface area contributed by atoms with Gasteiger partial charge in [-0.2, -0.15) is 0 Å². The second-order valence-electron chi connectivity index (χ2n) is 6.51. The summed E-state index contributed by atoms with van der Waals surface area (Å²) in [6, 6.07) is 10.9. The Morgan fingerprint density at radius 1 is 1.21 bits per heavy atom. The average Bonchev–Trinajstić information content (AvgIpc) is 2.87. The summed E-state index contributed by atoms with van der Waals surface area (Å²) in [4.78, 5) is 36.1. The molecule has 1 atom stereocenters. The normalized spacial score (nSPS) is 15.2. The van der Waals surface area contributed by atoms with Crippen molar-refractivity contribution in [2.24, 2.45) is 5.73 Å². The summed E-state index contributed by atoms with van der Waals surface area (Å²) >= 11 is 0. The van der Waals surface area contributed by atoms with Crippen LogP contribution < -0.4 is 21.7 Å². The SMILES string of the molecule is COC(=O)C[C@@H]1Nc2ccc(NC(=O)c3ccc(C(=N)N)cc3)cc2CNC1=O. The molecule has 29 heavy (non-hydrogen) atoms. The number of rotatable bonds is 5. The van der Waals surface area contributed by atoms with Gasteiger partial charge in [0.05, 0.1) is 13.5 Å². The number of nitrogens with one attached hydrogen (secondary N) is 4. The molecule has 0 aromatic heterocycles. The van der Waals surface area contributed by atoms with Crippen molar-refractivity contribution in [3.8, 4) is 0 Å². The lowest BCUT2D eigenvalue weighted by Gasteiger charge is -2.15. The Morgan fingerprint density at radius 3 is 2.55 bits per heavy atom. The molecule has 1 aliphatic rings. The highest BCUT2D eigenvalue weighted by Crippen LogP contribution is 2.24. The first-order chi connectivity index (χ1) is 13.9. The third-order valence-electron chi connectivity index (χ3n) is 4.52. The van der Waals surface area contributed by atoms with E-state index >= 15 is 0 Å². The van der Waals surface area contributed by atoms with E-state index in [4.69, 9.17) is 11.1 Å². The molecule has 0 saturated carbocycles. The van der Waals surface area contributed by atoms with Crippen LogP contribution in [0.25, 0.3) is 0 Å². The van der Waals surface area contributed by atoms with E-state index in [9.17, 15) is 14.4 Å². The van der Waals surface area contributed by atoms with Gasteiger partial charge in [0.15, 0.2) is 0 Å². The van der Waals surface area contributed by atoms with Crippen LogP contribution in [0.5, 0.6) is 0 Å². The second-order valence-corrected chi connectivity index (χ2v) is 6.51. The number of hydrogen-bond acceptors (Lipinski definition) is 6. The van der Waals surface area contributed by atoms with Crippen molar-refractivity contribution in [3.63, 3.8) is 0 Å². The Morgan fingerprint density at radius 2 is 1.90 bits per heavy atom. The zero-order valence-electron chi connectivity index (χ0n) is 15.7. The zero-order chi connectivity index (χ0) is 21.0. The van der Waals surface area contributed by atoms with Gasteiger partial charge in [-0.05, 0) is 35.9 Å². The molecule has 0 spiro atoms. The Balaban J connectivity index is 1.73. The number of amides is 2. The van der Waals surface area contributed by atoms with Crippen LogP contribution in [0.2, 0.25) is 0 Å². The molecule has 1 heterocycles. The Labute approximate surface area is 167 Å². The van der Waals surface area contributed by atoms with Crippen molar-refractivity contribution in [3.05, 3.63) is 59.2 Å². The Kier molecular flexibility index (Phi) is 5.77. The molecule has 9 nitrogen and oxygen atoms in total. The van der Waals surface area contributed by atoms with Crippen LogP contribution in [-0.2, 0) is 20.9 Å². The van der Waals surface area contributed by atoms with Crippen molar-refractivity contribution >= 4 is 35.0 Å². The van der Waals surface area contributed by atoms with E-state index in [-0.39, 0.29) is 30.6 Å². The number of fused-ring (bicyclic) bond motifs is 1. The predicted molar refractivity (Wildman–Crippen MR) is 108 cm³/mol. The Hall–Kier alpha value is -3.88. The number of nitrogens with two attached hydrogens (primary N) is 1. The number of carbonyl (C=O) groups excluding carboxylic acids is 3. The number of hydrogen-bond donors (Lipinski definition) is 5. The molecule has 9 heteroatoms. The molecule has 0 bridgehead atoms. The molecule has 0 radical (unpaired) electrons. The quantitative estimate of drug-likeness (QED) is 0.292. The van der Waals surface area contributed by atoms with Crippen molar-refractivity contribution in [2.45, 2.75) is 19.0 Å². The van der Waals surface area contributed by atoms with Gasteiger partial charge in [0.25, 0.3) is 5.91 Å². The predicted octanol–water partition coefficient (Wildman–Crippen LogP) is 1.20. The second kappa shape index (κ2) is 8.42. The summed E-state index contributed by atoms with van der Waals surface area (Å²) in [6.45, 7) is 0.260. The molecular formula is C20H21N5O4. The highest BCUT2D eigenvalue weighted by Gasteiger charge is 2.26. The molecular weight excluding hydrogens is 374 g/mol. The van der Waals surface area contributed by atoms with E-state index < -0.39 is 12.0 Å². The van der Waals surface area contributed by atoms with Crippen molar-refractivity contribution in [2.75, 3.05) is 17.7 Å². The first-order valence-electron chi connectivity index (χ1n) is 8.87. The van der Waals surface area contributed by atoms with E-state index in [2.05, 4.69) is 20.7 Å². The highest BCUT2D eigenvalue weighted by atomic mass is 16.5. The van der Waals surface area contributed by atoms with Crippen molar-refractivity contribution in [1.29, 1.82) is 5.41 Å². The van der Waals surface area contributed by atoms with Crippen LogP contribution in [0.1, 0.15) is 27.9 Å². The van der Waals surface area contributed by atoms with Gasteiger partial charge in [-0.1, -0.05) is 12.1 Å². The van der Waals surface area contributed by atoms with Crippen molar-refractivity contribution in [1.82, 2.24) is 5.32 Å². The lowest BCUT2D eigenvalue weighted by Crippen LogP contribution is -2.38. The lowest BCUT2D eigenvalue weighted by atomic mass is 10.1. The molecule has 6 N–H and O–H groups in total. The lowest BCUT2D eigenvalue weighted by molar-refractivity contribution is -0.142. The van der Waals surface area contributed by atoms with Crippen LogP contribution in [0.3, 0.4) is 0 Å². The van der Waals surface area contributed by atoms with Gasteiger partial charge < -0.3 is 26.4 Å². The summed E-state index contributed by atoms with van der Waals surface area (Å²) in [5.74, 6) is -1.17. The van der Waals surface area contributed by atoms with Gasteiger partial charge in [0, 0.05) is 29.0 Å². The summed E-state index contributed by atoms with van der Waals surface area (Å²) in [7, 11) is 1.27. The summed E-state index contributed by atoms with van der Waals surface area (Å²) in [5.41, 5.74) is 8.41. The fourth-order valence-corrected chi connectivity index (χ4v) is 2.92. The van der Waals surface area contributed by atoms with Gasteiger partial charge >= 0.3 is 5.97 Å². The van der Waals surface area contributed by atoms with Gasteiger partial charge in [-0.3, -0.25) is 19.8 Å². The third kappa shape index (κ3) is 4.70. The van der Waals surface area contributed by atoms with E-state index in [1.54, 1.807) is 42.5 Å². The van der Waals surface area contributed by atoms with Crippen LogP contribution in [0, 0.1) is 5.41 Å². The fraction of sp³-hybridized carbons (Fsp3) is 0.200. The van der Waals surface area contributed by atoms with Crippen molar-refractivity contribution < 1.29 is 19.1 Å². The molecule has 0 saturated heterocycles. The summed E-state index contributed by atoms with van der Waals surface area (Å²) < 4.78 is 4.63. The van der Waals surface area contributed by atoms with E-state index in [0.717, 1.165) is 5.56 Å². The first-order valence-corrected chi connectivity index (χ1v) is 8.87. The van der Waals surface area contributed by atoms with E-state index in [0.29, 0.717) is 22.5 Å². The molecule has 2 amide bonds. The molecule has 0 aliphatic carbocycles. The summed E-state index contributed by atoms with van der Waals surface area (Å²) in [6.07, 6.45) is -0.0868. The third-order valence-corrected chi connectivity index (χ3v) is 4.52. The van der Waals surface area contributed by atoms with Gasteiger partial charge in [-0.15, -0.1) is 0 Å². The Bertz CT molecular complexity index is 971. The maximum absolute atomic E-state index is 12.5. The highest BCUT2D eigenvalue weighted by molar-refractivity contribution is 6.05. The fourth-order valence-electron chi connectivity index (χ4n) is 2.92. The molecule has 1 aliphatic heterocycles. The number of anilines is 2. The minimum absolute atomic E-state index is 0.0669. The number of carbonyl (C=O) groups is 3. The minimum Gasteiger partial charge on any atom is -0.469 e. The van der Waals surface area contributed by atoms with Gasteiger partial charge in [0.2, 0.25) is 5.91 Å². The monoisotopic (exact) mass is 395 g/mol. The van der Waals surface area contributed by atoms with E-state index in [1.807, 2.05) is 0 Å². The van der Waals surface area contributed by atoms with Crippen LogP contribution in [-0.4, -0.2) is 36.8 Å². The van der Waals surface area contributed by atoms with Gasteiger partial charge in [-0.25, -0.2) is 0 Å². The maximum Gasteiger partial charge on any atom is 0.308 e. The molecule has 0 fully saturated rings. The standard InChI is InChI=1S/C20H21N5O4/c1-29-17(26)9-16-20(28)23-10-13-8-14(6-7-15(13)25-16)24-19(27)12-4-2-11(3-5-12)18(21)22/h2-8,16,25H,9-10H2,1H3,(H3,21,22)(H,23,28)(H,24,27)/t16-/m0/s1. The summed E-state index contributed by atoms with van der Waals surface area (Å²) in [5, 5.41) is 16.0. The topological polar surface area (TPSA) is 146 Å². The van der Waals surface area contributed by atoms with E-state index in [1.165, 1.54) is 7.11 Å². The maximum atomic E-state index is 12.5. The average molecular weight is 395 g/mol. The largest absolute Gasteiger partial charge is 0.469 e.